The van der Waals surface area contributed by atoms with Gasteiger partial charge in [-0.2, -0.15) is 0 Å². The summed E-state index contributed by atoms with van der Waals surface area (Å²) in [5.41, 5.74) is 4.22. The molecule has 5 nitrogen and oxygen atoms in total. The monoisotopic (exact) mass is 158 g/mol. The maximum absolute atomic E-state index is 11.2. The van der Waals surface area contributed by atoms with Crippen molar-refractivity contribution in [1.29, 1.82) is 0 Å². The van der Waals surface area contributed by atoms with Crippen LogP contribution in [0.2, 0.25) is 0 Å². The summed E-state index contributed by atoms with van der Waals surface area (Å²) in [6, 6.07) is -0.861. The second-order valence-electron chi connectivity index (χ2n) is 3.10. The fourth-order valence-corrected chi connectivity index (χ4v) is 0.785. The van der Waals surface area contributed by atoms with Crippen molar-refractivity contribution in [2.24, 2.45) is 11.1 Å². The van der Waals surface area contributed by atoms with E-state index in [1.54, 1.807) is 13.8 Å². The van der Waals surface area contributed by atoms with Crippen LogP contribution in [0, 0.1) is 5.41 Å². The highest BCUT2D eigenvalue weighted by atomic mass is 16.7. The number of urea groups is 1. The Bertz CT molecular complexity index is 212. The number of hydroxylamine groups is 2. The molecule has 1 aliphatic heterocycles. The van der Waals surface area contributed by atoms with Gasteiger partial charge in [-0.15, -0.1) is 5.06 Å². The second-order valence-corrected chi connectivity index (χ2v) is 3.10. The van der Waals surface area contributed by atoms with Crippen LogP contribution in [0.3, 0.4) is 0 Å². The minimum atomic E-state index is -0.861. The van der Waals surface area contributed by atoms with E-state index in [2.05, 4.69) is 0 Å². The van der Waals surface area contributed by atoms with E-state index in [1.807, 2.05) is 0 Å². The van der Waals surface area contributed by atoms with Crippen LogP contribution < -0.4 is 5.73 Å². The second kappa shape index (κ2) is 2.20. The number of nitrogens with two attached hydrogens (primary N) is 1. The number of carbonyl (C=O) groups is 2. The third-order valence-corrected chi connectivity index (χ3v) is 1.52. The van der Waals surface area contributed by atoms with Crippen molar-refractivity contribution in [1.82, 2.24) is 5.06 Å². The lowest BCUT2D eigenvalue weighted by Gasteiger charge is -2.11. The summed E-state index contributed by atoms with van der Waals surface area (Å²) in [7, 11) is 0. The third-order valence-electron chi connectivity index (χ3n) is 1.52. The number of imide groups is 1. The van der Waals surface area contributed by atoms with Gasteiger partial charge in [0.15, 0.2) is 0 Å². The molecule has 1 aliphatic rings. The third kappa shape index (κ3) is 1.19. The van der Waals surface area contributed by atoms with Crippen molar-refractivity contribution in [3.63, 3.8) is 0 Å². The van der Waals surface area contributed by atoms with E-state index >= 15 is 0 Å². The van der Waals surface area contributed by atoms with Gasteiger partial charge < -0.3 is 5.73 Å². The summed E-state index contributed by atoms with van der Waals surface area (Å²) in [6.07, 6.45) is 0. The number of nitrogens with zero attached hydrogens (tertiary/aromatic N) is 1. The van der Waals surface area contributed by atoms with Gasteiger partial charge in [0.25, 0.3) is 5.91 Å². The lowest BCUT2D eigenvalue weighted by atomic mass is 9.95. The molecule has 62 valence electrons. The molecule has 11 heavy (non-hydrogen) atoms. The molecule has 5 heteroatoms. The van der Waals surface area contributed by atoms with E-state index in [4.69, 9.17) is 10.6 Å². The van der Waals surface area contributed by atoms with Crippen molar-refractivity contribution >= 4 is 11.9 Å². The minimum absolute atomic E-state index is 0.203. The van der Waals surface area contributed by atoms with Crippen molar-refractivity contribution in [3.05, 3.63) is 0 Å². The Morgan fingerprint density at radius 1 is 1.73 bits per heavy atom. The smallest absolute Gasteiger partial charge is 0.346 e. The molecule has 0 radical (unpaired) electrons. The molecule has 1 fully saturated rings. The van der Waals surface area contributed by atoms with Gasteiger partial charge in [0.05, 0.1) is 12.0 Å². The molecule has 0 spiro atoms. The van der Waals surface area contributed by atoms with Crippen LogP contribution in [0.4, 0.5) is 4.79 Å². The van der Waals surface area contributed by atoms with Gasteiger partial charge in [-0.1, -0.05) is 0 Å². The van der Waals surface area contributed by atoms with Gasteiger partial charge in [-0.25, -0.2) is 4.79 Å². The molecule has 0 unspecified atom stereocenters. The van der Waals surface area contributed by atoms with Gasteiger partial charge >= 0.3 is 6.03 Å². The number of hydrogen-bond donors (Lipinski definition) is 1. The van der Waals surface area contributed by atoms with Crippen LogP contribution >= 0.6 is 0 Å². The maximum Gasteiger partial charge on any atom is 0.346 e. The average molecular weight is 158 g/mol. The molecule has 0 aromatic rings. The molecular weight excluding hydrogens is 148 g/mol. The molecule has 3 amide bonds. The Balaban J connectivity index is 2.79. The number of hydrogen-bond acceptors (Lipinski definition) is 3. The maximum atomic E-state index is 11.2. The molecule has 0 saturated carbocycles. The number of carbonyl (C=O) groups excluding carboxylic acids is 2. The van der Waals surface area contributed by atoms with Gasteiger partial charge in [0, 0.05) is 0 Å². The Morgan fingerprint density at radius 2 is 2.27 bits per heavy atom. The Labute approximate surface area is 64.0 Å². The van der Waals surface area contributed by atoms with Gasteiger partial charge in [-0.3, -0.25) is 9.63 Å². The van der Waals surface area contributed by atoms with E-state index in [1.165, 1.54) is 0 Å². The SMILES string of the molecule is CC1(C)CON(C(N)=O)C1=O. The topological polar surface area (TPSA) is 72.6 Å². The summed E-state index contributed by atoms with van der Waals surface area (Å²) >= 11 is 0. The molecule has 1 heterocycles. The summed E-state index contributed by atoms with van der Waals surface area (Å²) in [5, 5.41) is 0.597. The zero-order valence-electron chi connectivity index (χ0n) is 6.46. The van der Waals surface area contributed by atoms with Crippen LogP contribution in [0.25, 0.3) is 0 Å². The Kier molecular flexibility index (Phi) is 1.60. The first kappa shape index (κ1) is 8.00. The van der Waals surface area contributed by atoms with Crippen LogP contribution in [-0.2, 0) is 9.63 Å². The molecule has 0 aromatic carbocycles. The highest BCUT2D eigenvalue weighted by Gasteiger charge is 2.42. The van der Waals surface area contributed by atoms with Crippen LogP contribution in [-0.4, -0.2) is 23.6 Å². The molecule has 0 bridgehead atoms. The highest BCUT2D eigenvalue weighted by Crippen LogP contribution is 2.26. The zero-order chi connectivity index (χ0) is 8.65. The van der Waals surface area contributed by atoms with E-state index in [-0.39, 0.29) is 12.5 Å². The average Bonchev–Trinajstić information content (AvgIpc) is 2.09. The summed E-state index contributed by atoms with van der Waals surface area (Å²) in [5.74, 6) is -0.384. The van der Waals surface area contributed by atoms with Crippen molar-refractivity contribution in [3.8, 4) is 0 Å². The molecule has 0 atom stereocenters. The molecule has 0 aliphatic carbocycles. The summed E-state index contributed by atoms with van der Waals surface area (Å²) in [6.45, 7) is 3.59. The van der Waals surface area contributed by atoms with Gasteiger partial charge in [-0.05, 0) is 13.8 Å². The lowest BCUT2D eigenvalue weighted by Crippen LogP contribution is -2.38. The van der Waals surface area contributed by atoms with Crippen LogP contribution in [0.1, 0.15) is 13.8 Å². The summed E-state index contributed by atoms with van der Waals surface area (Å²) in [4.78, 5) is 26.4. The fourth-order valence-electron chi connectivity index (χ4n) is 0.785. The van der Waals surface area contributed by atoms with Crippen molar-refractivity contribution < 1.29 is 14.4 Å². The molecule has 1 saturated heterocycles. The van der Waals surface area contributed by atoms with E-state index < -0.39 is 11.4 Å². The first-order valence-electron chi connectivity index (χ1n) is 3.22. The van der Waals surface area contributed by atoms with Crippen LogP contribution in [0.15, 0.2) is 0 Å². The van der Waals surface area contributed by atoms with E-state index in [9.17, 15) is 9.59 Å². The normalized spacial score (nSPS) is 22.4. The largest absolute Gasteiger partial charge is 0.349 e. The van der Waals surface area contributed by atoms with Gasteiger partial charge in [0.2, 0.25) is 0 Å². The van der Waals surface area contributed by atoms with Gasteiger partial charge in [0.1, 0.15) is 0 Å². The molecular formula is C6H10N2O3. The number of primary amides is 1. The van der Waals surface area contributed by atoms with Crippen molar-refractivity contribution in [2.75, 3.05) is 6.61 Å². The Hall–Kier alpha value is -1.10. The quantitative estimate of drug-likeness (QED) is 0.533. The fraction of sp³-hybridized carbons (Fsp3) is 0.667. The number of rotatable bonds is 0. The highest BCUT2D eigenvalue weighted by molar-refractivity contribution is 5.96. The van der Waals surface area contributed by atoms with Crippen LogP contribution in [0.5, 0.6) is 0 Å². The Morgan fingerprint density at radius 3 is 2.45 bits per heavy atom. The first-order valence-corrected chi connectivity index (χ1v) is 3.22. The summed E-state index contributed by atoms with van der Waals surface area (Å²) < 4.78 is 0. The molecule has 2 N–H and O–H groups in total. The molecule has 0 aromatic heterocycles. The molecule has 1 rings (SSSR count). The minimum Gasteiger partial charge on any atom is -0.349 e. The predicted octanol–water partition coefficient (Wildman–Crippen LogP) is -0.135. The zero-order valence-corrected chi connectivity index (χ0v) is 6.46. The van der Waals surface area contributed by atoms with Crippen molar-refractivity contribution in [2.45, 2.75) is 13.8 Å². The van der Waals surface area contributed by atoms with E-state index in [0.29, 0.717) is 5.06 Å². The number of amides is 3. The predicted molar refractivity (Wildman–Crippen MR) is 36.2 cm³/mol. The van der Waals surface area contributed by atoms with E-state index in [0.717, 1.165) is 0 Å². The lowest BCUT2D eigenvalue weighted by molar-refractivity contribution is -0.148. The first-order chi connectivity index (χ1) is 4.95. The standard InChI is InChI=1S/C6H10N2O3/c1-6(2)3-11-8(4(6)9)5(7)10/h3H2,1-2H3,(H2,7,10).